The second-order valence-electron chi connectivity index (χ2n) is 3.97. The second kappa shape index (κ2) is 7.41. The Kier molecular flexibility index (Phi) is 6.11. The number of nitrogens with one attached hydrogen (secondary N) is 1. The van der Waals surface area contributed by atoms with Gasteiger partial charge in [0.1, 0.15) is 0 Å². The minimum absolute atomic E-state index is 0.208. The van der Waals surface area contributed by atoms with Gasteiger partial charge in [0.2, 0.25) is 5.91 Å². The fraction of sp³-hybridized carbons (Fsp3) is 0.583. The van der Waals surface area contributed by atoms with Crippen LogP contribution in [0.4, 0.5) is 0 Å². The molecule has 0 fully saturated rings. The summed E-state index contributed by atoms with van der Waals surface area (Å²) in [6, 6.07) is 4.23. The zero-order valence-electron chi connectivity index (χ0n) is 10.0. The number of hydrogen-bond donors (Lipinski definition) is 1. The van der Waals surface area contributed by atoms with Crippen LogP contribution in [0.1, 0.15) is 17.7 Å². The Morgan fingerprint density at radius 1 is 1.44 bits per heavy atom. The van der Waals surface area contributed by atoms with E-state index in [1.54, 1.807) is 30.3 Å². The average Bonchev–Trinajstić information content (AvgIpc) is 2.75. The molecule has 90 valence electrons. The number of hydrogen-bond acceptors (Lipinski definition) is 3. The number of carbonyl (C=O) groups excluding carboxylic acids is 1. The first-order valence-corrected chi connectivity index (χ1v) is 6.51. The summed E-state index contributed by atoms with van der Waals surface area (Å²) in [7, 11) is 3.60. The van der Waals surface area contributed by atoms with Crippen LogP contribution in [0.3, 0.4) is 0 Å². The quantitative estimate of drug-likeness (QED) is 0.736. The molecule has 1 amide bonds. The van der Waals surface area contributed by atoms with Crippen molar-refractivity contribution in [2.24, 2.45) is 0 Å². The number of nitrogens with zero attached hydrogens (tertiary/aromatic N) is 1. The van der Waals surface area contributed by atoms with Crippen LogP contribution < -0.4 is 5.32 Å². The maximum atomic E-state index is 11.3. The molecule has 0 spiro atoms. The van der Waals surface area contributed by atoms with Crippen molar-refractivity contribution in [3.63, 3.8) is 0 Å². The fourth-order valence-electron chi connectivity index (χ4n) is 1.38. The first-order valence-electron chi connectivity index (χ1n) is 5.63. The molecule has 0 aliphatic rings. The van der Waals surface area contributed by atoms with Gasteiger partial charge in [-0.15, -0.1) is 11.3 Å². The molecule has 0 saturated carbocycles. The summed E-state index contributed by atoms with van der Waals surface area (Å²) < 4.78 is 0. The monoisotopic (exact) mass is 240 g/mol. The largest absolute Gasteiger partial charge is 0.349 e. The van der Waals surface area contributed by atoms with E-state index in [0.717, 1.165) is 25.9 Å². The molecule has 1 rings (SSSR count). The van der Waals surface area contributed by atoms with Crippen molar-refractivity contribution in [2.75, 3.05) is 27.2 Å². The Morgan fingerprint density at radius 2 is 2.25 bits per heavy atom. The Bertz CT molecular complexity index is 296. The highest BCUT2D eigenvalue weighted by atomic mass is 32.1. The van der Waals surface area contributed by atoms with Gasteiger partial charge in [0.15, 0.2) is 0 Å². The molecule has 0 saturated heterocycles. The van der Waals surface area contributed by atoms with Crippen LogP contribution in [0, 0.1) is 0 Å². The van der Waals surface area contributed by atoms with E-state index < -0.39 is 0 Å². The lowest BCUT2D eigenvalue weighted by atomic mass is 10.3. The van der Waals surface area contributed by atoms with Gasteiger partial charge < -0.3 is 10.2 Å². The summed E-state index contributed by atoms with van der Waals surface area (Å²) in [6.07, 6.45) is 2.64. The van der Waals surface area contributed by atoms with Crippen molar-refractivity contribution in [1.82, 2.24) is 10.2 Å². The maximum Gasteiger partial charge on any atom is 0.222 e. The van der Waals surface area contributed by atoms with Crippen molar-refractivity contribution in [1.29, 1.82) is 0 Å². The predicted octanol–water partition coefficient (Wildman–Crippen LogP) is 1.75. The molecular weight excluding hydrogens is 220 g/mol. The number of rotatable bonds is 7. The topological polar surface area (TPSA) is 32.3 Å². The van der Waals surface area contributed by atoms with E-state index >= 15 is 0 Å². The Morgan fingerprint density at radius 3 is 2.88 bits per heavy atom. The average molecular weight is 240 g/mol. The van der Waals surface area contributed by atoms with Gasteiger partial charge in [0.25, 0.3) is 0 Å². The molecule has 1 N–H and O–H groups in total. The summed E-state index contributed by atoms with van der Waals surface area (Å²) in [4.78, 5) is 14.3. The molecule has 0 aliphatic heterocycles. The van der Waals surface area contributed by atoms with E-state index in [1.807, 2.05) is 0 Å². The van der Waals surface area contributed by atoms with Crippen LogP contribution in [0.5, 0.6) is 0 Å². The fourth-order valence-corrected chi connectivity index (χ4v) is 2.09. The lowest BCUT2D eigenvalue weighted by molar-refractivity contribution is -0.128. The van der Waals surface area contributed by atoms with Gasteiger partial charge in [-0.2, -0.15) is 0 Å². The van der Waals surface area contributed by atoms with Gasteiger partial charge >= 0.3 is 0 Å². The van der Waals surface area contributed by atoms with E-state index in [1.165, 1.54) is 4.88 Å². The van der Waals surface area contributed by atoms with Crippen LogP contribution >= 0.6 is 11.3 Å². The smallest absolute Gasteiger partial charge is 0.222 e. The van der Waals surface area contributed by atoms with E-state index in [0.29, 0.717) is 6.42 Å². The highest BCUT2D eigenvalue weighted by molar-refractivity contribution is 7.09. The van der Waals surface area contributed by atoms with Crippen LogP contribution in [-0.4, -0.2) is 38.0 Å². The molecule has 1 aromatic heterocycles. The molecule has 4 heteroatoms. The Hall–Kier alpha value is -0.870. The molecule has 1 aromatic rings. The van der Waals surface area contributed by atoms with Gasteiger partial charge in [-0.25, -0.2) is 0 Å². The molecule has 0 atom stereocenters. The third-order valence-electron chi connectivity index (χ3n) is 2.37. The minimum atomic E-state index is 0.208. The van der Waals surface area contributed by atoms with E-state index in [4.69, 9.17) is 0 Å². The molecule has 0 unspecified atom stereocenters. The molecule has 16 heavy (non-hydrogen) atoms. The molecule has 3 nitrogen and oxygen atoms in total. The van der Waals surface area contributed by atoms with Gasteiger partial charge in [-0.1, -0.05) is 6.07 Å². The van der Waals surface area contributed by atoms with E-state index in [2.05, 4.69) is 22.8 Å². The predicted molar refractivity (Wildman–Crippen MR) is 68.8 cm³/mol. The lowest BCUT2D eigenvalue weighted by Crippen LogP contribution is -2.24. The third kappa shape index (κ3) is 5.28. The second-order valence-corrected chi connectivity index (χ2v) is 5.00. The Labute approximate surface area is 101 Å². The summed E-state index contributed by atoms with van der Waals surface area (Å²) >= 11 is 1.79. The summed E-state index contributed by atoms with van der Waals surface area (Å²) in [6.45, 7) is 1.92. The van der Waals surface area contributed by atoms with Gasteiger partial charge in [0, 0.05) is 25.4 Å². The SMILES string of the molecule is CN(C)C(=O)CCCNCCc1cccs1. The molecule has 0 radical (unpaired) electrons. The molecule has 0 aromatic carbocycles. The molecule has 0 bridgehead atoms. The van der Waals surface area contributed by atoms with Crippen LogP contribution in [0.15, 0.2) is 17.5 Å². The zero-order valence-corrected chi connectivity index (χ0v) is 10.8. The van der Waals surface area contributed by atoms with Crippen molar-refractivity contribution < 1.29 is 4.79 Å². The van der Waals surface area contributed by atoms with Gasteiger partial charge in [0.05, 0.1) is 0 Å². The van der Waals surface area contributed by atoms with E-state index in [9.17, 15) is 4.79 Å². The standard InChI is InChI=1S/C12H20N2OS/c1-14(2)12(15)6-3-8-13-9-7-11-5-4-10-16-11/h4-5,10,13H,3,6-9H2,1-2H3. The highest BCUT2D eigenvalue weighted by Gasteiger charge is 2.02. The summed E-state index contributed by atoms with van der Waals surface area (Å²) in [5.41, 5.74) is 0. The summed E-state index contributed by atoms with van der Waals surface area (Å²) in [5.74, 6) is 0.208. The first-order chi connectivity index (χ1) is 7.70. The number of thiophene rings is 1. The highest BCUT2D eigenvalue weighted by Crippen LogP contribution is 2.07. The van der Waals surface area contributed by atoms with Crippen LogP contribution in [0.25, 0.3) is 0 Å². The summed E-state index contributed by atoms with van der Waals surface area (Å²) in [5, 5.41) is 5.46. The molecule has 0 aliphatic carbocycles. The normalized spacial score (nSPS) is 10.4. The van der Waals surface area contributed by atoms with Crippen molar-refractivity contribution in [2.45, 2.75) is 19.3 Å². The van der Waals surface area contributed by atoms with E-state index in [-0.39, 0.29) is 5.91 Å². The Balaban J connectivity index is 1.94. The van der Waals surface area contributed by atoms with Crippen molar-refractivity contribution in [3.8, 4) is 0 Å². The van der Waals surface area contributed by atoms with Crippen LogP contribution in [0.2, 0.25) is 0 Å². The molecule has 1 heterocycles. The maximum absolute atomic E-state index is 11.3. The van der Waals surface area contributed by atoms with Gasteiger partial charge in [-0.05, 0) is 37.4 Å². The van der Waals surface area contributed by atoms with Crippen molar-refractivity contribution in [3.05, 3.63) is 22.4 Å². The van der Waals surface area contributed by atoms with Crippen molar-refractivity contribution >= 4 is 17.2 Å². The number of carbonyl (C=O) groups is 1. The number of amides is 1. The lowest BCUT2D eigenvalue weighted by Gasteiger charge is -2.09. The zero-order chi connectivity index (χ0) is 11.8. The third-order valence-corrected chi connectivity index (χ3v) is 3.31. The first kappa shape index (κ1) is 13.2. The molecular formula is C12H20N2OS. The van der Waals surface area contributed by atoms with Gasteiger partial charge in [-0.3, -0.25) is 4.79 Å². The van der Waals surface area contributed by atoms with Crippen LogP contribution in [-0.2, 0) is 11.2 Å². The minimum Gasteiger partial charge on any atom is -0.349 e.